The van der Waals surface area contributed by atoms with Gasteiger partial charge < -0.3 is 26.6 Å². The van der Waals surface area contributed by atoms with E-state index in [0.29, 0.717) is 24.3 Å². The molecule has 35 heavy (non-hydrogen) atoms. The standard InChI is InChI=1S/C23H39N5O5S2/c1-11(2)7-14-19(29)24-15(8-12(3)4)20(30)28-18(13(5)6)23(33)27-17-10-35-34-9-16(21(31)25-14)26-22(17)32/h11-18H,7-10H2,1-6H3,(H,24,29)(H,25,31)(H,26,32)(H,27,33)(H,28,30)/t14-,15+,16+,17+,18-/m0/s1. The molecule has 2 heterocycles. The molecule has 2 aliphatic rings. The van der Waals surface area contributed by atoms with Gasteiger partial charge in [0.2, 0.25) is 29.5 Å². The van der Waals surface area contributed by atoms with E-state index in [1.807, 2.05) is 27.7 Å². The van der Waals surface area contributed by atoms with E-state index in [2.05, 4.69) is 26.6 Å². The van der Waals surface area contributed by atoms with E-state index >= 15 is 0 Å². The van der Waals surface area contributed by atoms with Crippen LogP contribution in [0.1, 0.15) is 54.4 Å². The molecule has 5 N–H and O–H groups in total. The molecule has 2 rings (SSSR count). The summed E-state index contributed by atoms with van der Waals surface area (Å²) >= 11 is 0. The minimum atomic E-state index is -0.892. The Balaban J connectivity index is 2.47. The van der Waals surface area contributed by atoms with E-state index in [0.717, 1.165) is 0 Å². The first-order valence-corrected chi connectivity index (χ1v) is 14.6. The Bertz CT molecular complexity index is 807. The van der Waals surface area contributed by atoms with Crippen LogP contribution in [-0.2, 0) is 24.0 Å². The molecule has 0 spiro atoms. The maximum atomic E-state index is 13.3. The van der Waals surface area contributed by atoms with Crippen LogP contribution in [0.5, 0.6) is 0 Å². The van der Waals surface area contributed by atoms with Crippen LogP contribution >= 0.6 is 21.6 Å². The lowest BCUT2D eigenvalue weighted by Gasteiger charge is -2.28. The van der Waals surface area contributed by atoms with Crippen LogP contribution in [0.15, 0.2) is 0 Å². The van der Waals surface area contributed by atoms with Crippen LogP contribution in [0.25, 0.3) is 0 Å². The number of hydrogen-bond donors (Lipinski definition) is 5. The number of rotatable bonds is 5. The summed E-state index contributed by atoms with van der Waals surface area (Å²) in [5.41, 5.74) is 0. The van der Waals surface area contributed by atoms with Crippen molar-refractivity contribution in [1.29, 1.82) is 0 Å². The highest BCUT2D eigenvalue weighted by atomic mass is 33.1. The van der Waals surface area contributed by atoms with E-state index in [9.17, 15) is 24.0 Å². The van der Waals surface area contributed by atoms with Crippen molar-refractivity contribution < 1.29 is 24.0 Å². The highest BCUT2D eigenvalue weighted by molar-refractivity contribution is 8.76. The van der Waals surface area contributed by atoms with Gasteiger partial charge in [0.25, 0.3) is 0 Å². The summed E-state index contributed by atoms with van der Waals surface area (Å²) in [6.45, 7) is 11.3. The first-order chi connectivity index (χ1) is 16.4. The second-order valence-electron chi connectivity index (χ2n) is 10.3. The predicted molar refractivity (Wildman–Crippen MR) is 138 cm³/mol. The SMILES string of the molecule is CC(C)C[C@@H]1NC(=O)[C@H]2CSSC[C@@H](NC(=O)[C@H](C(C)C)NC(=O)[C@@H](CC(C)C)NC1=O)C(=O)N2. The van der Waals surface area contributed by atoms with Crippen molar-refractivity contribution in [2.75, 3.05) is 11.5 Å². The van der Waals surface area contributed by atoms with Gasteiger partial charge >= 0.3 is 0 Å². The highest BCUT2D eigenvalue weighted by Crippen LogP contribution is 2.25. The molecular weight excluding hydrogens is 490 g/mol. The van der Waals surface area contributed by atoms with Crippen molar-refractivity contribution in [2.24, 2.45) is 17.8 Å². The van der Waals surface area contributed by atoms with Crippen molar-refractivity contribution in [2.45, 2.75) is 84.6 Å². The van der Waals surface area contributed by atoms with Crippen molar-refractivity contribution in [1.82, 2.24) is 26.6 Å². The third-order valence-electron chi connectivity index (χ3n) is 5.75. The number of hydrogen-bond acceptors (Lipinski definition) is 7. The van der Waals surface area contributed by atoms with Crippen molar-refractivity contribution in [3.8, 4) is 0 Å². The molecule has 0 aliphatic carbocycles. The monoisotopic (exact) mass is 529 g/mol. The Morgan fingerprint density at radius 1 is 0.600 bits per heavy atom. The molecule has 0 aromatic rings. The average molecular weight is 530 g/mol. The highest BCUT2D eigenvalue weighted by Gasteiger charge is 2.36. The molecule has 0 aromatic carbocycles. The normalized spacial score (nSPS) is 29.4. The van der Waals surface area contributed by atoms with Crippen molar-refractivity contribution in [3.05, 3.63) is 0 Å². The average Bonchev–Trinajstić information content (AvgIpc) is 2.74. The Morgan fingerprint density at radius 2 is 1.00 bits per heavy atom. The van der Waals surface area contributed by atoms with Gasteiger partial charge in [0.15, 0.2) is 0 Å². The van der Waals surface area contributed by atoms with Crippen LogP contribution in [0, 0.1) is 17.8 Å². The van der Waals surface area contributed by atoms with Crippen LogP contribution in [0.4, 0.5) is 0 Å². The molecule has 0 unspecified atom stereocenters. The lowest BCUT2D eigenvalue weighted by atomic mass is 9.98. The number of nitrogens with one attached hydrogen (secondary N) is 5. The van der Waals surface area contributed by atoms with Gasteiger partial charge in [0.05, 0.1) is 0 Å². The molecule has 2 aliphatic heterocycles. The van der Waals surface area contributed by atoms with Crippen molar-refractivity contribution in [3.63, 3.8) is 0 Å². The number of carbonyl (C=O) groups excluding carboxylic acids is 5. The second-order valence-corrected chi connectivity index (χ2v) is 12.9. The fraction of sp³-hybridized carbons (Fsp3) is 0.783. The fourth-order valence-electron chi connectivity index (χ4n) is 3.87. The summed E-state index contributed by atoms with van der Waals surface area (Å²) in [5, 5.41) is 13.8. The Morgan fingerprint density at radius 3 is 1.46 bits per heavy atom. The van der Waals surface area contributed by atoms with Crippen molar-refractivity contribution >= 4 is 51.1 Å². The summed E-state index contributed by atoms with van der Waals surface area (Å²) in [5.74, 6) is -1.79. The molecule has 5 atom stereocenters. The number of fused-ring (bicyclic) bond motifs is 3. The van der Waals surface area contributed by atoms with Crippen LogP contribution in [0.2, 0.25) is 0 Å². The first-order valence-electron chi connectivity index (χ1n) is 12.1. The van der Waals surface area contributed by atoms with Gasteiger partial charge in [-0.3, -0.25) is 24.0 Å². The van der Waals surface area contributed by atoms with Crippen LogP contribution < -0.4 is 26.6 Å². The maximum absolute atomic E-state index is 13.3. The van der Waals surface area contributed by atoms with Gasteiger partial charge in [-0.15, -0.1) is 0 Å². The molecule has 198 valence electrons. The van der Waals surface area contributed by atoms with E-state index in [-0.39, 0.29) is 17.8 Å². The molecule has 2 bridgehead atoms. The van der Waals surface area contributed by atoms with Gasteiger partial charge in [-0.05, 0) is 30.6 Å². The quantitative estimate of drug-likeness (QED) is 0.327. The summed E-state index contributed by atoms with van der Waals surface area (Å²) in [6, 6.07) is -4.36. The molecule has 2 fully saturated rings. The minimum absolute atomic E-state index is 0.0938. The molecule has 2 saturated heterocycles. The molecule has 0 saturated carbocycles. The van der Waals surface area contributed by atoms with E-state index in [4.69, 9.17) is 0 Å². The summed E-state index contributed by atoms with van der Waals surface area (Å²) < 4.78 is 0. The lowest BCUT2D eigenvalue weighted by Crippen LogP contribution is -2.60. The molecule has 0 aromatic heterocycles. The zero-order valence-electron chi connectivity index (χ0n) is 21.3. The first kappa shape index (κ1) is 29.3. The second kappa shape index (κ2) is 13.4. The fourth-order valence-corrected chi connectivity index (χ4v) is 6.20. The van der Waals surface area contributed by atoms with Crippen LogP contribution in [0.3, 0.4) is 0 Å². The van der Waals surface area contributed by atoms with Crippen LogP contribution in [-0.4, -0.2) is 71.3 Å². The minimum Gasteiger partial charge on any atom is -0.343 e. The molecular formula is C23H39N5O5S2. The third kappa shape index (κ3) is 8.89. The molecule has 5 amide bonds. The largest absolute Gasteiger partial charge is 0.343 e. The predicted octanol–water partition coefficient (Wildman–Crippen LogP) is 0.567. The zero-order valence-corrected chi connectivity index (χ0v) is 22.9. The molecule has 12 heteroatoms. The number of carbonyl (C=O) groups is 5. The topological polar surface area (TPSA) is 146 Å². The van der Waals surface area contributed by atoms with Gasteiger partial charge in [-0.1, -0.05) is 63.1 Å². The molecule has 0 radical (unpaired) electrons. The van der Waals surface area contributed by atoms with Gasteiger partial charge in [-0.2, -0.15) is 0 Å². The third-order valence-corrected chi connectivity index (χ3v) is 8.17. The zero-order chi connectivity index (χ0) is 26.3. The Hall–Kier alpha value is -1.95. The lowest BCUT2D eigenvalue weighted by molar-refractivity contribution is -0.134. The number of amides is 5. The maximum Gasteiger partial charge on any atom is 0.244 e. The smallest absolute Gasteiger partial charge is 0.244 e. The van der Waals surface area contributed by atoms with E-state index in [1.54, 1.807) is 13.8 Å². The Labute approximate surface area is 215 Å². The van der Waals surface area contributed by atoms with E-state index < -0.39 is 59.7 Å². The Kier molecular flexibility index (Phi) is 11.2. The summed E-state index contributed by atoms with van der Waals surface area (Å²) in [7, 11) is 2.80. The van der Waals surface area contributed by atoms with E-state index in [1.165, 1.54) is 21.6 Å². The van der Waals surface area contributed by atoms with Gasteiger partial charge in [0.1, 0.15) is 30.2 Å². The summed E-state index contributed by atoms with van der Waals surface area (Å²) in [4.78, 5) is 65.6. The molecule has 10 nitrogen and oxygen atoms in total. The van der Waals surface area contributed by atoms with Gasteiger partial charge in [0, 0.05) is 11.5 Å². The van der Waals surface area contributed by atoms with Gasteiger partial charge in [-0.25, -0.2) is 0 Å². The summed E-state index contributed by atoms with van der Waals surface area (Å²) in [6.07, 6.45) is 0.734.